The molecular formula is C20H27FN2O5S2. The summed E-state index contributed by atoms with van der Waals surface area (Å²) in [5.41, 5.74) is 0.210. The van der Waals surface area contributed by atoms with Crippen molar-refractivity contribution in [3.05, 3.63) is 47.8 Å². The zero-order valence-electron chi connectivity index (χ0n) is 17.6. The van der Waals surface area contributed by atoms with Crippen LogP contribution in [0.15, 0.2) is 46.2 Å². The standard InChI is InChI=1S/C20H27FN2O5S2/c1-6-23(7-2)30(26,27)17-9-10-19(28-14(3)4)18(13-17)22-29(24,25)20-11-8-16(21)12-15(20)5/h8-14,22H,6-7H2,1-5H3. The number of rotatable bonds is 9. The molecule has 0 saturated carbocycles. The third-order valence-electron chi connectivity index (χ3n) is 4.33. The summed E-state index contributed by atoms with van der Waals surface area (Å²) >= 11 is 0. The van der Waals surface area contributed by atoms with Gasteiger partial charge in [-0.25, -0.2) is 21.2 Å². The first-order chi connectivity index (χ1) is 13.9. The molecular weight excluding hydrogens is 431 g/mol. The second kappa shape index (κ2) is 9.32. The minimum atomic E-state index is -4.12. The molecule has 2 aromatic carbocycles. The van der Waals surface area contributed by atoms with E-state index in [2.05, 4.69) is 4.72 Å². The van der Waals surface area contributed by atoms with Gasteiger partial charge in [-0.15, -0.1) is 0 Å². The van der Waals surface area contributed by atoms with Crippen LogP contribution in [0.2, 0.25) is 0 Å². The van der Waals surface area contributed by atoms with Crippen molar-refractivity contribution in [2.45, 2.75) is 50.5 Å². The third-order valence-corrected chi connectivity index (χ3v) is 7.90. The Morgan fingerprint density at radius 1 is 1.03 bits per heavy atom. The summed E-state index contributed by atoms with van der Waals surface area (Å²) in [5, 5.41) is 0. The van der Waals surface area contributed by atoms with E-state index in [0.29, 0.717) is 0 Å². The number of hydrogen-bond acceptors (Lipinski definition) is 5. The van der Waals surface area contributed by atoms with Crippen molar-refractivity contribution in [3.63, 3.8) is 0 Å². The first-order valence-electron chi connectivity index (χ1n) is 9.52. The normalized spacial score (nSPS) is 12.4. The first kappa shape index (κ1) is 24.1. The van der Waals surface area contributed by atoms with Crippen LogP contribution in [0.4, 0.5) is 10.1 Å². The molecule has 0 aromatic heterocycles. The van der Waals surface area contributed by atoms with Crippen molar-refractivity contribution in [1.82, 2.24) is 4.31 Å². The molecule has 0 aliphatic heterocycles. The Kier molecular flexibility index (Phi) is 7.49. The Morgan fingerprint density at radius 2 is 1.67 bits per heavy atom. The van der Waals surface area contributed by atoms with Gasteiger partial charge in [0.25, 0.3) is 10.0 Å². The lowest BCUT2D eigenvalue weighted by Gasteiger charge is -2.21. The number of benzene rings is 2. The highest BCUT2D eigenvalue weighted by atomic mass is 32.2. The lowest BCUT2D eigenvalue weighted by molar-refractivity contribution is 0.243. The van der Waals surface area contributed by atoms with Gasteiger partial charge in [-0.05, 0) is 62.7 Å². The van der Waals surface area contributed by atoms with Crippen molar-refractivity contribution in [1.29, 1.82) is 0 Å². The number of sulfonamides is 2. The Hall–Kier alpha value is -2.17. The van der Waals surface area contributed by atoms with Gasteiger partial charge in [0, 0.05) is 13.1 Å². The zero-order chi connectivity index (χ0) is 22.7. The maximum absolute atomic E-state index is 13.4. The lowest BCUT2D eigenvalue weighted by atomic mass is 10.2. The van der Waals surface area contributed by atoms with Gasteiger partial charge in [0.1, 0.15) is 11.6 Å². The van der Waals surface area contributed by atoms with Gasteiger partial charge in [-0.3, -0.25) is 4.72 Å². The Bertz CT molecular complexity index is 1110. The van der Waals surface area contributed by atoms with Crippen molar-refractivity contribution < 1.29 is 26.0 Å². The van der Waals surface area contributed by atoms with Crippen LogP contribution in [0.3, 0.4) is 0 Å². The largest absolute Gasteiger partial charge is 0.489 e. The van der Waals surface area contributed by atoms with Gasteiger partial charge in [0.15, 0.2) is 0 Å². The van der Waals surface area contributed by atoms with Crippen LogP contribution in [0.5, 0.6) is 5.75 Å². The summed E-state index contributed by atoms with van der Waals surface area (Å²) < 4.78 is 74.3. The molecule has 0 aliphatic rings. The molecule has 166 valence electrons. The SMILES string of the molecule is CCN(CC)S(=O)(=O)c1ccc(OC(C)C)c(NS(=O)(=O)c2ccc(F)cc2C)c1. The fourth-order valence-corrected chi connectivity index (χ4v) is 5.71. The number of aryl methyl sites for hydroxylation is 1. The van der Waals surface area contributed by atoms with E-state index in [4.69, 9.17) is 4.74 Å². The molecule has 2 aromatic rings. The lowest BCUT2D eigenvalue weighted by Crippen LogP contribution is -2.30. The van der Waals surface area contributed by atoms with E-state index >= 15 is 0 Å². The Morgan fingerprint density at radius 3 is 2.20 bits per heavy atom. The van der Waals surface area contributed by atoms with Crippen LogP contribution in [0.1, 0.15) is 33.3 Å². The highest BCUT2D eigenvalue weighted by Gasteiger charge is 2.25. The van der Waals surface area contributed by atoms with E-state index in [-0.39, 0.29) is 46.0 Å². The third kappa shape index (κ3) is 5.30. The molecule has 7 nitrogen and oxygen atoms in total. The maximum atomic E-state index is 13.4. The molecule has 30 heavy (non-hydrogen) atoms. The molecule has 0 unspecified atom stereocenters. The van der Waals surface area contributed by atoms with E-state index < -0.39 is 25.9 Å². The summed E-state index contributed by atoms with van der Waals surface area (Å²) in [5.74, 6) is -0.366. The van der Waals surface area contributed by atoms with Crippen LogP contribution < -0.4 is 9.46 Å². The van der Waals surface area contributed by atoms with E-state index in [1.54, 1.807) is 27.7 Å². The minimum Gasteiger partial charge on any atom is -0.489 e. The fourth-order valence-electron chi connectivity index (χ4n) is 2.93. The van der Waals surface area contributed by atoms with Gasteiger partial charge in [-0.1, -0.05) is 13.8 Å². The fraction of sp³-hybridized carbons (Fsp3) is 0.400. The number of anilines is 1. The van der Waals surface area contributed by atoms with Crippen molar-refractivity contribution in [2.75, 3.05) is 17.8 Å². The summed E-state index contributed by atoms with van der Waals surface area (Å²) in [4.78, 5) is -0.174. The zero-order valence-corrected chi connectivity index (χ0v) is 19.3. The van der Waals surface area contributed by atoms with Crippen LogP contribution >= 0.6 is 0 Å². The van der Waals surface area contributed by atoms with Crippen LogP contribution in [-0.4, -0.2) is 40.3 Å². The van der Waals surface area contributed by atoms with Crippen molar-refractivity contribution >= 4 is 25.7 Å². The van der Waals surface area contributed by atoms with Gasteiger partial charge in [0.2, 0.25) is 10.0 Å². The number of hydrogen-bond donors (Lipinski definition) is 1. The average Bonchev–Trinajstić information content (AvgIpc) is 2.62. The minimum absolute atomic E-state index is 0.0133. The first-order valence-corrected chi connectivity index (χ1v) is 12.4. The number of halogens is 1. The Labute approximate surface area is 178 Å². The van der Waals surface area contributed by atoms with E-state index in [9.17, 15) is 21.2 Å². The van der Waals surface area contributed by atoms with E-state index in [1.807, 2.05) is 0 Å². The van der Waals surface area contributed by atoms with Gasteiger partial charge in [0.05, 0.1) is 21.6 Å². The molecule has 0 atom stereocenters. The molecule has 1 N–H and O–H groups in total. The molecule has 0 aliphatic carbocycles. The molecule has 0 spiro atoms. The number of nitrogens with one attached hydrogen (secondary N) is 1. The smallest absolute Gasteiger partial charge is 0.262 e. The second-order valence-electron chi connectivity index (χ2n) is 6.93. The summed E-state index contributed by atoms with van der Waals surface area (Å²) in [7, 11) is -7.93. The van der Waals surface area contributed by atoms with Crippen LogP contribution in [0.25, 0.3) is 0 Å². The molecule has 10 heteroatoms. The van der Waals surface area contributed by atoms with Crippen LogP contribution in [-0.2, 0) is 20.0 Å². The molecule has 2 rings (SSSR count). The number of ether oxygens (including phenoxy) is 1. The molecule has 0 heterocycles. The van der Waals surface area contributed by atoms with Crippen molar-refractivity contribution in [2.24, 2.45) is 0 Å². The topological polar surface area (TPSA) is 92.8 Å². The highest BCUT2D eigenvalue weighted by molar-refractivity contribution is 7.92. The second-order valence-corrected chi connectivity index (χ2v) is 10.5. The highest BCUT2D eigenvalue weighted by Crippen LogP contribution is 2.32. The maximum Gasteiger partial charge on any atom is 0.262 e. The predicted molar refractivity (Wildman–Crippen MR) is 114 cm³/mol. The quantitative estimate of drug-likeness (QED) is 0.618. The Balaban J connectivity index is 2.58. The summed E-state index contributed by atoms with van der Waals surface area (Å²) in [6, 6.07) is 7.36. The number of nitrogens with zero attached hydrogens (tertiary/aromatic N) is 1. The molecule has 0 amide bonds. The summed E-state index contributed by atoms with van der Waals surface area (Å²) in [6.07, 6.45) is -0.272. The van der Waals surface area contributed by atoms with E-state index in [1.165, 1.54) is 29.4 Å². The molecule has 0 saturated heterocycles. The van der Waals surface area contributed by atoms with E-state index in [0.717, 1.165) is 18.2 Å². The molecule has 0 radical (unpaired) electrons. The van der Waals surface area contributed by atoms with Gasteiger partial charge < -0.3 is 4.74 Å². The van der Waals surface area contributed by atoms with Gasteiger partial charge in [-0.2, -0.15) is 4.31 Å². The van der Waals surface area contributed by atoms with Crippen LogP contribution in [0, 0.1) is 12.7 Å². The van der Waals surface area contributed by atoms with Gasteiger partial charge >= 0.3 is 0 Å². The summed E-state index contributed by atoms with van der Waals surface area (Å²) in [6.45, 7) is 9.00. The average molecular weight is 459 g/mol. The van der Waals surface area contributed by atoms with Crippen molar-refractivity contribution in [3.8, 4) is 5.75 Å². The predicted octanol–water partition coefficient (Wildman–Crippen LogP) is 3.75. The molecule has 0 fully saturated rings. The monoisotopic (exact) mass is 458 g/mol. The molecule has 0 bridgehead atoms.